The van der Waals surface area contributed by atoms with Crippen LogP contribution in [0.3, 0.4) is 0 Å². The van der Waals surface area contributed by atoms with Crippen LogP contribution in [-0.2, 0) is 6.42 Å². The number of likely N-dealkylation sites (tertiary alicyclic amines) is 1. The van der Waals surface area contributed by atoms with E-state index in [1.165, 1.54) is 6.07 Å². The van der Waals surface area contributed by atoms with E-state index in [1.54, 1.807) is 47.6 Å². The molecular formula is C21H22F3N3O. The van der Waals surface area contributed by atoms with E-state index in [2.05, 4.69) is 10.3 Å². The number of urea groups is 1. The number of carbonyl (C=O) groups excluding carboxylic acids is 1. The molecule has 2 aromatic rings. The smallest absolute Gasteiger partial charge is 0.324 e. The van der Waals surface area contributed by atoms with Crippen molar-refractivity contribution in [2.45, 2.75) is 25.9 Å². The summed E-state index contributed by atoms with van der Waals surface area (Å²) in [4.78, 5) is 18.1. The maximum atomic E-state index is 12.6. The zero-order valence-corrected chi connectivity index (χ0v) is 15.5. The fourth-order valence-electron chi connectivity index (χ4n) is 3.33. The van der Waals surface area contributed by atoms with Crippen LogP contribution in [-0.4, -0.2) is 35.2 Å². The number of hydrogen-bond donors (Lipinski definition) is 1. The van der Waals surface area contributed by atoms with Gasteiger partial charge in [0.15, 0.2) is 0 Å². The van der Waals surface area contributed by atoms with Crippen molar-refractivity contribution in [3.05, 3.63) is 65.5 Å². The number of alkyl halides is 3. The van der Waals surface area contributed by atoms with Crippen molar-refractivity contribution < 1.29 is 18.0 Å². The standard InChI is InChI=1S/C21H22F3N3O/c1-15-14-27(20(28)26-19-6-3-8-25-13-19)9-7-18(15)11-16-4-2-5-17(10-16)12-21(22,23)24/h2-6,8,10-11,13,15H,7,9,12,14H2,1H3,(H,26,28). The number of halogens is 3. The van der Waals surface area contributed by atoms with Gasteiger partial charge >= 0.3 is 12.2 Å². The Morgan fingerprint density at radius 2 is 2.14 bits per heavy atom. The second-order valence-electron chi connectivity index (χ2n) is 7.03. The van der Waals surface area contributed by atoms with Crippen LogP contribution < -0.4 is 5.32 Å². The van der Waals surface area contributed by atoms with Gasteiger partial charge in [0.2, 0.25) is 0 Å². The minimum atomic E-state index is -4.22. The first kappa shape index (κ1) is 19.9. The lowest BCUT2D eigenvalue weighted by Gasteiger charge is -2.33. The van der Waals surface area contributed by atoms with Gasteiger partial charge in [0.25, 0.3) is 0 Å². The lowest BCUT2D eigenvalue weighted by molar-refractivity contribution is -0.127. The Morgan fingerprint density at radius 3 is 2.82 bits per heavy atom. The van der Waals surface area contributed by atoms with Crippen LogP contribution in [0, 0.1) is 5.92 Å². The Bertz CT molecular complexity index is 849. The van der Waals surface area contributed by atoms with Crippen molar-refractivity contribution in [2.75, 3.05) is 18.4 Å². The van der Waals surface area contributed by atoms with E-state index < -0.39 is 12.6 Å². The van der Waals surface area contributed by atoms with Gasteiger partial charge in [-0.2, -0.15) is 13.2 Å². The molecule has 1 aromatic heterocycles. The number of carbonyl (C=O) groups is 1. The van der Waals surface area contributed by atoms with Gasteiger partial charge in [0.1, 0.15) is 0 Å². The Balaban J connectivity index is 1.63. The van der Waals surface area contributed by atoms with Crippen LogP contribution in [0.15, 0.2) is 54.4 Å². The summed E-state index contributed by atoms with van der Waals surface area (Å²) >= 11 is 0. The number of anilines is 1. The molecule has 1 aliphatic heterocycles. The maximum Gasteiger partial charge on any atom is 0.393 e. The lowest BCUT2D eigenvalue weighted by Crippen LogP contribution is -2.42. The number of benzene rings is 1. The molecule has 7 heteroatoms. The summed E-state index contributed by atoms with van der Waals surface area (Å²) in [6, 6.07) is 9.88. The molecular weight excluding hydrogens is 367 g/mol. The summed E-state index contributed by atoms with van der Waals surface area (Å²) in [6.45, 7) is 3.14. The zero-order valence-electron chi connectivity index (χ0n) is 15.5. The topological polar surface area (TPSA) is 45.2 Å². The quantitative estimate of drug-likeness (QED) is 0.790. The van der Waals surface area contributed by atoms with Gasteiger partial charge < -0.3 is 10.2 Å². The van der Waals surface area contributed by atoms with Gasteiger partial charge in [-0.3, -0.25) is 4.98 Å². The van der Waals surface area contributed by atoms with Crippen molar-refractivity contribution in [1.29, 1.82) is 0 Å². The molecule has 0 aliphatic carbocycles. The highest BCUT2D eigenvalue weighted by atomic mass is 19.4. The van der Waals surface area contributed by atoms with Gasteiger partial charge in [-0.25, -0.2) is 4.79 Å². The van der Waals surface area contributed by atoms with Gasteiger partial charge in [-0.15, -0.1) is 0 Å². The van der Waals surface area contributed by atoms with E-state index in [-0.39, 0.29) is 17.5 Å². The molecule has 0 spiro atoms. The van der Waals surface area contributed by atoms with E-state index in [4.69, 9.17) is 0 Å². The highest BCUT2D eigenvalue weighted by molar-refractivity contribution is 5.89. The monoisotopic (exact) mass is 389 g/mol. The van der Waals surface area contributed by atoms with Crippen LogP contribution in [0.5, 0.6) is 0 Å². The Morgan fingerprint density at radius 1 is 1.32 bits per heavy atom. The molecule has 1 atom stereocenters. The minimum absolute atomic E-state index is 0.125. The summed E-state index contributed by atoms with van der Waals surface area (Å²) in [5.74, 6) is 0.125. The number of nitrogens with zero attached hydrogens (tertiary/aromatic N) is 2. The molecule has 1 aliphatic rings. The molecule has 1 N–H and O–H groups in total. The largest absolute Gasteiger partial charge is 0.393 e. The fraction of sp³-hybridized carbons (Fsp3) is 0.333. The predicted octanol–water partition coefficient (Wildman–Crippen LogP) is 5.14. The third-order valence-electron chi connectivity index (χ3n) is 4.71. The summed E-state index contributed by atoms with van der Waals surface area (Å²) in [7, 11) is 0. The first-order valence-corrected chi connectivity index (χ1v) is 9.12. The first-order chi connectivity index (χ1) is 13.3. The first-order valence-electron chi connectivity index (χ1n) is 9.12. The molecule has 3 rings (SSSR count). The van der Waals surface area contributed by atoms with Crippen molar-refractivity contribution in [2.24, 2.45) is 5.92 Å². The van der Waals surface area contributed by atoms with Crippen molar-refractivity contribution in [3.8, 4) is 0 Å². The highest BCUT2D eigenvalue weighted by Gasteiger charge is 2.28. The molecule has 0 bridgehead atoms. The van der Waals surface area contributed by atoms with Crippen LogP contribution in [0.4, 0.5) is 23.7 Å². The minimum Gasteiger partial charge on any atom is -0.324 e. The van der Waals surface area contributed by atoms with Crippen LogP contribution in [0.2, 0.25) is 0 Å². The van der Waals surface area contributed by atoms with Gasteiger partial charge in [0.05, 0.1) is 18.3 Å². The Labute approximate surface area is 162 Å². The molecule has 28 heavy (non-hydrogen) atoms. The Hall–Kier alpha value is -2.83. The highest BCUT2D eigenvalue weighted by Crippen LogP contribution is 2.27. The van der Waals surface area contributed by atoms with Gasteiger partial charge in [-0.05, 0) is 35.6 Å². The molecule has 1 fully saturated rings. The number of piperidine rings is 1. The number of rotatable bonds is 3. The van der Waals surface area contributed by atoms with Crippen molar-refractivity contribution >= 4 is 17.8 Å². The van der Waals surface area contributed by atoms with Gasteiger partial charge in [0, 0.05) is 19.3 Å². The molecule has 1 unspecified atom stereocenters. The maximum absolute atomic E-state index is 12.6. The fourth-order valence-corrected chi connectivity index (χ4v) is 3.33. The molecule has 2 heterocycles. The van der Waals surface area contributed by atoms with E-state index >= 15 is 0 Å². The lowest BCUT2D eigenvalue weighted by atomic mass is 9.91. The number of aromatic nitrogens is 1. The van der Waals surface area contributed by atoms with Crippen molar-refractivity contribution in [3.63, 3.8) is 0 Å². The summed E-state index contributed by atoms with van der Waals surface area (Å²) in [6.07, 6.45) is 0.712. The average Bonchev–Trinajstić information content (AvgIpc) is 2.63. The van der Waals surface area contributed by atoms with E-state index in [1.807, 2.05) is 13.0 Å². The molecule has 0 saturated carbocycles. The van der Waals surface area contributed by atoms with Crippen LogP contribution in [0.1, 0.15) is 24.5 Å². The van der Waals surface area contributed by atoms with E-state index in [0.29, 0.717) is 25.2 Å². The predicted molar refractivity (Wildman–Crippen MR) is 103 cm³/mol. The summed E-state index contributed by atoms with van der Waals surface area (Å²) < 4.78 is 37.8. The zero-order chi connectivity index (χ0) is 20.1. The molecule has 4 nitrogen and oxygen atoms in total. The molecule has 1 aromatic carbocycles. The number of hydrogen-bond acceptors (Lipinski definition) is 2. The van der Waals surface area contributed by atoms with E-state index in [0.717, 1.165) is 11.1 Å². The summed E-state index contributed by atoms with van der Waals surface area (Å²) in [5, 5.41) is 2.82. The Kier molecular flexibility index (Phi) is 6.02. The summed E-state index contributed by atoms with van der Waals surface area (Å²) in [5.41, 5.74) is 2.79. The normalized spacial score (nSPS) is 18.9. The molecule has 1 saturated heterocycles. The number of nitrogens with one attached hydrogen (secondary N) is 1. The molecule has 0 radical (unpaired) electrons. The van der Waals surface area contributed by atoms with E-state index in [9.17, 15) is 18.0 Å². The third kappa shape index (κ3) is 5.58. The number of amides is 2. The van der Waals surface area contributed by atoms with Crippen molar-refractivity contribution in [1.82, 2.24) is 9.88 Å². The van der Waals surface area contributed by atoms with Crippen LogP contribution in [0.25, 0.3) is 6.08 Å². The van der Waals surface area contributed by atoms with Crippen LogP contribution >= 0.6 is 0 Å². The third-order valence-corrected chi connectivity index (χ3v) is 4.71. The second-order valence-corrected chi connectivity index (χ2v) is 7.03. The SMILES string of the molecule is CC1CN(C(=O)Nc2cccnc2)CCC1=Cc1cccc(CC(F)(F)F)c1. The molecule has 2 amide bonds. The molecule has 148 valence electrons. The second kappa shape index (κ2) is 8.46. The van der Waals surface area contributed by atoms with Gasteiger partial charge in [-0.1, -0.05) is 42.8 Å². The number of pyridine rings is 1. The average molecular weight is 389 g/mol.